The summed E-state index contributed by atoms with van der Waals surface area (Å²) in [5.74, 6) is -2.13. The SMILES string of the molecule is COc1cc(C(C)(C)c2cnc(SCc3c(F)cc(S(=O)(=O)N(CCCCCN(C)C)C(C)C(=O)O)cc3Cl)n2-c2ccc(F)cc2)ccc1Cl. The van der Waals surface area contributed by atoms with Crippen LogP contribution in [0.15, 0.2) is 70.8 Å². The Morgan fingerprint density at radius 3 is 2.29 bits per heavy atom. The number of carboxylic acid groups (broad SMARTS) is 1. The van der Waals surface area contributed by atoms with Gasteiger partial charge in [0.05, 0.1) is 28.9 Å². The fourth-order valence-electron chi connectivity index (χ4n) is 5.57. The van der Waals surface area contributed by atoms with E-state index in [0.717, 1.165) is 52.4 Å². The number of carbonyl (C=O) groups is 1. The molecule has 1 aromatic heterocycles. The van der Waals surface area contributed by atoms with Crippen LogP contribution in [-0.4, -0.2) is 78.6 Å². The number of rotatable bonds is 17. The van der Waals surface area contributed by atoms with Gasteiger partial charge in [0.2, 0.25) is 10.0 Å². The number of nitrogens with zero attached hydrogens (tertiary/aromatic N) is 4. The third-order valence-electron chi connectivity index (χ3n) is 8.67. The van der Waals surface area contributed by atoms with Crippen LogP contribution in [0.2, 0.25) is 10.0 Å². The van der Waals surface area contributed by atoms with Crippen molar-refractivity contribution < 1.29 is 31.8 Å². The summed E-state index contributed by atoms with van der Waals surface area (Å²) in [4.78, 5) is 18.1. The van der Waals surface area contributed by atoms with Crippen molar-refractivity contribution in [1.29, 1.82) is 0 Å². The molecular weight excluding hydrogens is 741 g/mol. The minimum absolute atomic E-state index is 0.0288. The average molecular weight is 784 g/mol. The fraction of sp³-hybridized carbons (Fsp3) is 0.389. The van der Waals surface area contributed by atoms with E-state index < -0.39 is 44.0 Å². The molecule has 0 saturated carbocycles. The molecule has 1 N–H and O–H groups in total. The van der Waals surface area contributed by atoms with Crippen molar-refractivity contribution in [3.05, 3.63) is 99.3 Å². The van der Waals surface area contributed by atoms with Gasteiger partial charge in [0.15, 0.2) is 5.16 Å². The maximum Gasteiger partial charge on any atom is 0.321 e. The number of aromatic nitrogens is 2. The molecular formula is C36H42Cl2F2N4O5S2. The van der Waals surface area contributed by atoms with Crippen LogP contribution in [0, 0.1) is 11.6 Å². The van der Waals surface area contributed by atoms with E-state index >= 15 is 4.39 Å². The Hall–Kier alpha value is -3.20. The van der Waals surface area contributed by atoms with Gasteiger partial charge in [0.1, 0.15) is 23.4 Å². The van der Waals surface area contributed by atoms with Gasteiger partial charge in [-0.2, -0.15) is 4.31 Å². The quantitative estimate of drug-likeness (QED) is 0.0844. The first-order valence-corrected chi connectivity index (χ1v) is 19.4. The van der Waals surface area contributed by atoms with Gasteiger partial charge in [-0.05, 0) is 94.5 Å². The maximum atomic E-state index is 15.8. The molecule has 0 radical (unpaired) electrons. The van der Waals surface area contributed by atoms with Crippen LogP contribution in [-0.2, 0) is 26.0 Å². The second-order valence-electron chi connectivity index (χ2n) is 12.9. The van der Waals surface area contributed by atoms with Crippen molar-refractivity contribution in [3.63, 3.8) is 0 Å². The van der Waals surface area contributed by atoms with Crippen LogP contribution in [0.1, 0.15) is 56.9 Å². The van der Waals surface area contributed by atoms with Crippen LogP contribution >= 0.6 is 35.0 Å². The number of unbranched alkanes of at least 4 members (excludes halogenated alkanes) is 2. The Morgan fingerprint density at radius 2 is 1.69 bits per heavy atom. The number of imidazole rings is 1. The van der Waals surface area contributed by atoms with Crippen molar-refractivity contribution in [2.45, 2.75) is 67.3 Å². The molecule has 1 heterocycles. The van der Waals surface area contributed by atoms with E-state index in [2.05, 4.69) is 4.98 Å². The lowest BCUT2D eigenvalue weighted by Gasteiger charge is -2.28. The Labute approximate surface area is 312 Å². The molecule has 276 valence electrons. The second-order valence-corrected chi connectivity index (χ2v) is 16.5. The lowest BCUT2D eigenvalue weighted by Crippen LogP contribution is -2.43. The summed E-state index contributed by atoms with van der Waals surface area (Å²) in [5, 5.41) is 10.5. The highest BCUT2D eigenvalue weighted by atomic mass is 35.5. The van der Waals surface area contributed by atoms with E-state index in [1.54, 1.807) is 24.4 Å². The molecule has 0 aliphatic rings. The second kappa shape index (κ2) is 17.1. The number of hydrogen-bond acceptors (Lipinski definition) is 7. The van der Waals surface area contributed by atoms with E-state index in [1.807, 2.05) is 49.5 Å². The summed E-state index contributed by atoms with van der Waals surface area (Å²) >= 11 is 14.0. The highest BCUT2D eigenvalue weighted by Crippen LogP contribution is 2.40. The Bertz CT molecular complexity index is 1930. The molecule has 0 aliphatic carbocycles. The molecule has 1 unspecified atom stereocenters. The van der Waals surface area contributed by atoms with Gasteiger partial charge in [-0.25, -0.2) is 22.2 Å². The Kier molecular flexibility index (Phi) is 13.6. The molecule has 0 amide bonds. The minimum Gasteiger partial charge on any atom is -0.495 e. The smallest absolute Gasteiger partial charge is 0.321 e. The number of sulfonamides is 1. The zero-order chi connectivity index (χ0) is 37.7. The predicted octanol–water partition coefficient (Wildman–Crippen LogP) is 8.28. The van der Waals surface area contributed by atoms with Gasteiger partial charge < -0.3 is 14.7 Å². The molecule has 0 aliphatic heterocycles. The van der Waals surface area contributed by atoms with E-state index in [1.165, 1.54) is 26.2 Å². The number of hydrogen-bond donors (Lipinski definition) is 1. The number of halogens is 4. The van der Waals surface area contributed by atoms with Crippen LogP contribution in [0.3, 0.4) is 0 Å². The third-order valence-corrected chi connectivity index (χ3v) is 12.2. The van der Waals surface area contributed by atoms with E-state index in [0.29, 0.717) is 34.5 Å². The molecule has 51 heavy (non-hydrogen) atoms. The standard InChI is InChI=1S/C36H42Cl2F2N4O5S2/c1-23(34(45)46)43(17-9-7-8-16-42(4)5)51(47,48)27-19-30(38)28(31(40)20-27)22-50-35-41-21-33(44(35)26-13-11-25(39)12-14-26)36(2,3)24-10-15-29(37)32(18-24)49-6/h10-15,18-21,23H,7-9,16-17,22H2,1-6H3,(H,45,46). The van der Waals surface area contributed by atoms with E-state index in [-0.39, 0.29) is 22.9 Å². The van der Waals surface area contributed by atoms with Crippen molar-refractivity contribution in [1.82, 2.24) is 18.8 Å². The average Bonchev–Trinajstić information content (AvgIpc) is 3.50. The van der Waals surface area contributed by atoms with Gasteiger partial charge >= 0.3 is 5.97 Å². The number of benzene rings is 3. The molecule has 3 aromatic carbocycles. The summed E-state index contributed by atoms with van der Waals surface area (Å²) in [5.41, 5.74) is 1.60. The molecule has 0 bridgehead atoms. The van der Waals surface area contributed by atoms with E-state index in [9.17, 15) is 22.7 Å². The third kappa shape index (κ3) is 9.43. The number of thioether (sulfide) groups is 1. The number of ether oxygens (including phenoxy) is 1. The topological polar surface area (TPSA) is 105 Å². The van der Waals surface area contributed by atoms with Crippen molar-refractivity contribution >= 4 is 51.0 Å². The summed E-state index contributed by atoms with van der Waals surface area (Å²) in [7, 11) is 0.971. The first-order valence-electron chi connectivity index (χ1n) is 16.2. The van der Waals surface area contributed by atoms with Crippen LogP contribution in [0.25, 0.3) is 5.69 Å². The molecule has 0 fully saturated rings. The summed E-state index contributed by atoms with van der Waals surface area (Å²) < 4.78 is 65.4. The first kappa shape index (κ1) is 40.6. The Balaban J connectivity index is 1.66. The van der Waals surface area contributed by atoms with Crippen LogP contribution < -0.4 is 4.74 Å². The largest absolute Gasteiger partial charge is 0.495 e. The number of carboxylic acids is 1. The van der Waals surface area contributed by atoms with Gasteiger partial charge in [0, 0.05) is 34.0 Å². The van der Waals surface area contributed by atoms with Gasteiger partial charge in [-0.1, -0.05) is 61.3 Å². The lowest BCUT2D eigenvalue weighted by atomic mass is 9.81. The minimum atomic E-state index is -4.42. The molecule has 1 atom stereocenters. The molecule has 0 saturated heterocycles. The highest BCUT2D eigenvalue weighted by molar-refractivity contribution is 7.98. The number of aliphatic carboxylic acids is 1. The molecule has 4 rings (SSSR count). The van der Waals surface area contributed by atoms with Crippen molar-refractivity contribution in [2.24, 2.45) is 0 Å². The zero-order valence-electron chi connectivity index (χ0n) is 29.3. The summed E-state index contributed by atoms with van der Waals surface area (Å²) in [6.45, 7) is 6.03. The first-order chi connectivity index (χ1) is 24.0. The van der Waals surface area contributed by atoms with Crippen LogP contribution in [0.5, 0.6) is 5.75 Å². The van der Waals surface area contributed by atoms with E-state index in [4.69, 9.17) is 27.9 Å². The van der Waals surface area contributed by atoms with Crippen LogP contribution in [0.4, 0.5) is 8.78 Å². The molecule has 15 heteroatoms. The summed E-state index contributed by atoms with van der Waals surface area (Å²) in [6.07, 6.45) is 3.62. The van der Waals surface area contributed by atoms with Gasteiger partial charge in [-0.3, -0.25) is 9.36 Å². The summed E-state index contributed by atoms with van der Waals surface area (Å²) in [6, 6.07) is 12.0. The fourth-order valence-corrected chi connectivity index (χ4v) is 8.88. The monoisotopic (exact) mass is 782 g/mol. The normalized spacial score (nSPS) is 12.9. The molecule has 9 nitrogen and oxygen atoms in total. The molecule has 4 aromatic rings. The lowest BCUT2D eigenvalue weighted by molar-refractivity contribution is -0.140. The molecule has 0 spiro atoms. The van der Waals surface area contributed by atoms with Gasteiger partial charge in [-0.15, -0.1) is 0 Å². The zero-order valence-corrected chi connectivity index (χ0v) is 32.4. The Morgan fingerprint density at radius 1 is 1.02 bits per heavy atom. The number of methoxy groups -OCH3 is 1. The maximum absolute atomic E-state index is 15.8. The highest BCUT2D eigenvalue weighted by Gasteiger charge is 2.34. The van der Waals surface area contributed by atoms with Crippen molar-refractivity contribution in [3.8, 4) is 11.4 Å². The van der Waals surface area contributed by atoms with Gasteiger partial charge in [0.25, 0.3) is 0 Å². The van der Waals surface area contributed by atoms with Crippen molar-refractivity contribution in [2.75, 3.05) is 34.3 Å². The predicted molar refractivity (Wildman–Crippen MR) is 198 cm³/mol.